The average molecular weight is 291 g/mol. The number of thiophene rings is 1. The van der Waals surface area contributed by atoms with E-state index in [1.807, 2.05) is 20.8 Å². The summed E-state index contributed by atoms with van der Waals surface area (Å²) in [6, 6.07) is 1.68. The number of nitrogens with one attached hydrogen (secondary N) is 1. The predicted molar refractivity (Wildman–Crippen MR) is 74.5 cm³/mol. The maximum absolute atomic E-state index is 12.3. The lowest BCUT2D eigenvalue weighted by atomic mass is 9.96. The Hall–Kier alpha value is -0.430. The molecule has 0 spiro atoms. The third kappa shape index (κ3) is 3.12. The van der Waals surface area contributed by atoms with Crippen molar-refractivity contribution >= 4 is 21.4 Å². The minimum Gasteiger partial charge on any atom is -0.394 e. The Morgan fingerprint density at radius 1 is 1.33 bits per heavy atom. The summed E-state index contributed by atoms with van der Waals surface area (Å²) < 4.78 is 27.3. The van der Waals surface area contributed by atoms with E-state index in [2.05, 4.69) is 4.72 Å². The summed E-state index contributed by atoms with van der Waals surface area (Å²) in [4.78, 5) is 2.07. The zero-order chi connectivity index (χ0) is 14.0. The number of aliphatic hydroxyl groups excluding tert-OH is 1. The van der Waals surface area contributed by atoms with Crippen molar-refractivity contribution in [3.8, 4) is 0 Å². The third-order valence-electron chi connectivity index (χ3n) is 3.29. The molecule has 0 amide bonds. The van der Waals surface area contributed by atoms with E-state index >= 15 is 0 Å². The molecule has 6 heteroatoms. The summed E-state index contributed by atoms with van der Waals surface area (Å²) in [5.74, 6) is 0. The number of hydrogen-bond acceptors (Lipinski definition) is 4. The second-order valence-corrected chi connectivity index (χ2v) is 7.64. The minimum atomic E-state index is -3.56. The van der Waals surface area contributed by atoms with Gasteiger partial charge >= 0.3 is 0 Å². The largest absolute Gasteiger partial charge is 0.394 e. The van der Waals surface area contributed by atoms with Crippen LogP contribution < -0.4 is 4.72 Å². The van der Waals surface area contributed by atoms with Gasteiger partial charge in [0.15, 0.2) is 0 Å². The molecule has 0 aliphatic heterocycles. The molecular weight excluding hydrogens is 270 g/mol. The summed E-state index contributed by atoms with van der Waals surface area (Å²) in [6.45, 7) is 7.23. The molecule has 18 heavy (non-hydrogen) atoms. The van der Waals surface area contributed by atoms with Gasteiger partial charge in [-0.1, -0.05) is 13.8 Å². The number of aryl methyl sites for hydroxylation is 2. The van der Waals surface area contributed by atoms with E-state index < -0.39 is 15.6 Å². The van der Waals surface area contributed by atoms with Crippen molar-refractivity contribution in [3.05, 3.63) is 15.8 Å². The SMILES string of the molecule is CCC(CC)(CO)NS(=O)(=O)c1cc(C)sc1C. The van der Waals surface area contributed by atoms with Crippen molar-refractivity contribution < 1.29 is 13.5 Å². The van der Waals surface area contributed by atoms with Crippen LogP contribution in [0.5, 0.6) is 0 Å². The van der Waals surface area contributed by atoms with Crippen LogP contribution in [-0.2, 0) is 10.0 Å². The first-order valence-electron chi connectivity index (χ1n) is 6.02. The molecule has 104 valence electrons. The highest BCUT2D eigenvalue weighted by atomic mass is 32.2. The Balaban J connectivity index is 3.12. The van der Waals surface area contributed by atoms with E-state index in [0.717, 1.165) is 9.75 Å². The molecule has 1 aromatic heterocycles. The van der Waals surface area contributed by atoms with Gasteiger partial charge in [-0.2, -0.15) is 0 Å². The Morgan fingerprint density at radius 3 is 2.22 bits per heavy atom. The zero-order valence-electron chi connectivity index (χ0n) is 11.3. The van der Waals surface area contributed by atoms with Crippen molar-refractivity contribution in [2.24, 2.45) is 0 Å². The topological polar surface area (TPSA) is 66.4 Å². The second-order valence-electron chi connectivity index (χ2n) is 4.53. The van der Waals surface area contributed by atoms with Gasteiger partial charge in [-0.25, -0.2) is 13.1 Å². The van der Waals surface area contributed by atoms with E-state index in [1.54, 1.807) is 13.0 Å². The number of hydrogen-bond donors (Lipinski definition) is 2. The first kappa shape index (κ1) is 15.6. The number of aliphatic hydroxyl groups is 1. The van der Waals surface area contributed by atoms with E-state index in [9.17, 15) is 13.5 Å². The van der Waals surface area contributed by atoms with Crippen LogP contribution in [0.25, 0.3) is 0 Å². The molecular formula is C12H21NO3S2. The number of sulfonamides is 1. The lowest BCUT2D eigenvalue weighted by Crippen LogP contribution is -2.50. The van der Waals surface area contributed by atoms with Gasteiger partial charge in [-0.05, 0) is 32.8 Å². The monoisotopic (exact) mass is 291 g/mol. The molecule has 0 saturated heterocycles. The smallest absolute Gasteiger partial charge is 0.242 e. The van der Waals surface area contributed by atoms with Gasteiger partial charge in [-0.15, -0.1) is 11.3 Å². The Kier molecular flexibility index (Phi) is 4.94. The average Bonchev–Trinajstić information content (AvgIpc) is 2.66. The Morgan fingerprint density at radius 2 is 1.89 bits per heavy atom. The molecule has 1 rings (SSSR count). The highest BCUT2D eigenvalue weighted by Crippen LogP contribution is 2.27. The number of rotatable bonds is 6. The quantitative estimate of drug-likeness (QED) is 0.844. The van der Waals surface area contributed by atoms with Crippen LogP contribution in [0.1, 0.15) is 36.4 Å². The van der Waals surface area contributed by atoms with Crippen molar-refractivity contribution in [3.63, 3.8) is 0 Å². The first-order chi connectivity index (χ1) is 8.30. The van der Waals surface area contributed by atoms with Gasteiger partial charge in [0.25, 0.3) is 0 Å². The predicted octanol–water partition coefficient (Wildman–Crippen LogP) is 2.19. The van der Waals surface area contributed by atoms with Crippen molar-refractivity contribution in [1.29, 1.82) is 0 Å². The van der Waals surface area contributed by atoms with Gasteiger partial charge in [-0.3, -0.25) is 0 Å². The normalized spacial score (nSPS) is 12.9. The van der Waals surface area contributed by atoms with Gasteiger partial charge in [0.2, 0.25) is 10.0 Å². The van der Waals surface area contributed by atoms with Crippen molar-refractivity contribution in [2.45, 2.75) is 51.0 Å². The van der Waals surface area contributed by atoms with Gasteiger partial charge < -0.3 is 5.11 Å². The highest BCUT2D eigenvalue weighted by Gasteiger charge is 2.32. The molecule has 0 radical (unpaired) electrons. The summed E-state index contributed by atoms with van der Waals surface area (Å²) in [6.07, 6.45) is 1.11. The fourth-order valence-electron chi connectivity index (χ4n) is 1.86. The van der Waals surface area contributed by atoms with Crippen LogP contribution >= 0.6 is 11.3 Å². The molecule has 0 aliphatic carbocycles. The molecule has 0 fully saturated rings. The van der Waals surface area contributed by atoms with Crippen LogP contribution in [-0.4, -0.2) is 25.7 Å². The van der Waals surface area contributed by atoms with Crippen LogP contribution in [0.3, 0.4) is 0 Å². The van der Waals surface area contributed by atoms with Crippen LogP contribution in [0.15, 0.2) is 11.0 Å². The van der Waals surface area contributed by atoms with Gasteiger partial charge in [0, 0.05) is 9.75 Å². The second kappa shape index (κ2) is 5.69. The summed E-state index contributed by atoms with van der Waals surface area (Å²) in [7, 11) is -3.56. The summed E-state index contributed by atoms with van der Waals surface area (Å²) in [5, 5.41) is 9.44. The third-order valence-corrected chi connectivity index (χ3v) is 6.09. The highest BCUT2D eigenvalue weighted by molar-refractivity contribution is 7.89. The maximum Gasteiger partial charge on any atom is 0.242 e. The van der Waals surface area contributed by atoms with Gasteiger partial charge in [0.1, 0.15) is 0 Å². The van der Waals surface area contributed by atoms with Crippen LogP contribution in [0.2, 0.25) is 0 Å². The molecule has 0 bridgehead atoms. The fraction of sp³-hybridized carbons (Fsp3) is 0.667. The van der Waals surface area contributed by atoms with Gasteiger partial charge in [0.05, 0.1) is 17.0 Å². The molecule has 4 nitrogen and oxygen atoms in total. The van der Waals surface area contributed by atoms with Crippen molar-refractivity contribution in [1.82, 2.24) is 4.72 Å². The molecule has 0 saturated carbocycles. The zero-order valence-corrected chi connectivity index (χ0v) is 12.9. The molecule has 1 heterocycles. The van der Waals surface area contributed by atoms with Crippen LogP contribution in [0, 0.1) is 13.8 Å². The maximum atomic E-state index is 12.3. The van der Waals surface area contributed by atoms with E-state index in [1.165, 1.54) is 11.3 Å². The molecule has 0 unspecified atom stereocenters. The first-order valence-corrected chi connectivity index (χ1v) is 8.32. The Labute approximate surface area is 113 Å². The fourth-order valence-corrected chi connectivity index (χ4v) is 4.96. The van der Waals surface area contributed by atoms with E-state index in [0.29, 0.717) is 17.7 Å². The molecule has 0 aromatic carbocycles. The molecule has 2 N–H and O–H groups in total. The standard InChI is InChI=1S/C12H21NO3S2/c1-5-12(6-2,8-14)13-18(15,16)11-7-9(3)17-10(11)4/h7,13-14H,5-6,8H2,1-4H3. The molecule has 0 aliphatic rings. The lowest BCUT2D eigenvalue weighted by molar-refractivity contribution is 0.172. The molecule has 1 aromatic rings. The lowest BCUT2D eigenvalue weighted by Gasteiger charge is -2.30. The molecule has 0 atom stereocenters. The minimum absolute atomic E-state index is 0.193. The van der Waals surface area contributed by atoms with Crippen LogP contribution in [0.4, 0.5) is 0 Å². The summed E-state index contributed by atoms with van der Waals surface area (Å²) in [5.41, 5.74) is -0.763. The Bertz CT molecular complexity index is 493. The van der Waals surface area contributed by atoms with E-state index in [4.69, 9.17) is 0 Å². The van der Waals surface area contributed by atoms with E-state index in [-0.39, 0.29) is 6.61 Å². The van der Waals surface area contributed by atoms with Crippen molar-refractivity contribution in [2.75, 3.05) is 6.61 Å². The summed E-state index contributed by atoms with van der Waals surface area (Å²) >= 11 is 1.46.